The molecule has 3 rings (SSSR count). The van der Waals surface area contributed by atoms with Crippen molar-refractivity contribution in [3.05, 3.63) is 75.5 Å². The number of nitro groups is 1. The molecule has 0 atom stereocenters. The van der Waals surface area contributed by atoms with Crippen LogP contribution in [0.25, 0.3) is 11.0 Å². The van der Waals surface area contributed by atoms with Crippen molar-refractivity contribution in [3.8, 4) is 0 Å². The maximum atomic E-state index is 10.9. The minimum Gasteiger partial charge on any atom is -0.459 e. The maximum absolute atomic E-state index is 10.9. The molecule has 134 valence electrons. The van der Waals surface area contributed by atoms with Crippen LogP contribution in [0.4, 0.5) is 5.69 Å². The highest BCUT2D eigenvalue weighted by atomic mass is 16.6. The largest absolute Gasteiger partial charge is 0.459 e. The van der Waals surface area contributed by atoms with Crippen molar-refractivity contribution in [1.82, 2.24) is 10.6 Å². The number of hydrogen-bond donors (Lipinski definition) is 2. The van der Waals surface area contributed by atoms with Gasteiger partial charge in [0.1, 0.15) is 11.3 Å². The number of benzene rings is 2. The van der Waals surface area contributed by atoms with E-state index in [-0.39, 0.29) is 5.69 Å². The zero-order valence-electron chi connectivity index (χ0n) is 14.7. The molecular weight excluding hydrogens is 332 g/mol. The van der Waals surface area contributed by atoms with Crippen LogP contribution in [-0.4, -0.2) is 17.9 Å². The van der Waals surface area contributed by atoms with Crippen molar-refractivity contribution in [2.75, 3.05) is 7.05 Å². The number of nitro benzene ring substituents is 1. The normalized spacial score (nSPS) is 11.5. The molecule has 7 nitrogen and oxygen atoms in total. The molecular formula is C19H20N4O3. The number of hydrogen-bond acceptors (Lipinski definition) is 4. The number of guanidine groups is 1. The predicted octanol–water partition coefficient (Wildman–Crippen LogP) is 3.51. The minimum atomic E-state index is -0.402. The summed E-state index contributed by atoms with van der Waals surface area (Å²) >= 11 is 0. The Balaban J connectivity index is 1.62. The lowest BCUT2D eigenvalue weighted by molar-refractivity contribution is -0.384. The van der Waals surface area contributed by atoms with Gasteiger partial charge < -0.3 is 15.1 Å². The lowest BCUT2D eigenvalue weighted by Crippen LogP contribution is -2.36. The summed E-state index contributed by atoms with van der Waals surface area (Å²) in [6.07, 6.45) is 0. The zero-order valence-corrected chi connectivity index (χ0v) is 14.7. The number of nitrogens with zero attached hydrogens (tertiary/aromatic N) is 2. The number of furan rings is 1. The van der Waals surface area contributed by atoms with Crippen molar-refractivity contribution < 1.29 is 9.34 Å². The van der Waals surface area contributed by atoms with E-state index >= 15 is 0 Å². The highest BCUT2D eigenvalue weighted by Crippen LogP contribution is 2.24. The van der Waals surface area contributed by atoms with Gasteiger partial charge in [-0.2, -0.15) is 0 Å². The van der Waals surface area contributed by atoms with Crippen LogP contribution in [0.5, 0.6) is 0 Å². The molecule has 26 heavy (non-hydrogen) atoms. The van der Waals surface area contributed by atoms with Gasteiger partial charge in [0.15, 0.2) is 5.96 Å². The van der Waals surface area contributed by atoms with Gasteiger partial charge in [-0.25, -0.2) is 0 Å². The molecule has 0 unspecified atom stereocenters. The maximum Gasteiger partial charge on any atom is 0.269 e. The van der Waals surface area contributed by atoms with Crippen LogP contribution < -0.4 is 10.6 Å². The highest BCUT2D eigenvalue weighted by Gasteiger charge is 2.10. The quantitative estimate of drug-likeness (QED) is 0.317. The number of aliphatic imine (C=N–C) groups is 1. The Hall–Kier alpha value is -3.35. The molecule has 0 amide bonds. The Bertz CT molecular complexity index is 962. The number of rotatable bonds is 5. The molecule has 0 radical (unpaired) electrons. The molecule has 0 bridgehead atoms. The van der Waals surface area contributed by atoms with E-state index in [4.69, 9.17) is 4.42 Å². The van der Waals surface area contributed by atoms with Gasteiger partial charge in [-0.1, -0.05) is 30.3 Å². The molecule has 0 fully saturated rings. The zero-order chi connectivity index (χ0) is 18.5. The summed E-state index contributed by atoms with van der Waals surface area (Å²) < 4.78 is 5.88. The Morgan fingerprint density at radius 1 is 1.15 bits per heavy atom. The minimum absolute atomic E-state index is 0.0742. The van der Waals surface area contributed by atoms with E-state index in [1.807, 2.05) is 37.3 Å². The van der Waals surface area contributed by atoms with Crippen molar-refractivity contribution in [1.29, 1.82) is 0 Å². The molecule has 0 aliphatic carbocycles. The van der Waals surface area contributed by atoms with Gasteiger partial charge in [-0.3, -0.25) is 15.1 Å². The van der Waals surface area contributed by atoms with Gasteiger partial charge >= 0.3 is 0 Å². The molecule has 0 saturated heterocycles. The fourth-order valence-electron chi connectivity index (χ4n) is 2.74. The summed E-state index contributed by atoms with van der Waals surface area (Å²) in [5, 5.41) is 18.3. The van der Waals surface area contributed by atoms with E-state index in [9.17, 15) is 10.1 Å². The van der Waals surface area contributed by atoms with Gasteiger partial charge in [-0.05, 0) is 18.6 Å². The number of non-ortho nitro benzene ring substituents is 1. The van der Waals surface area contributed by atoms with E-state index in [0.717, 1.165) is 27.9 Å². The molecule has 2 aromatic carbocycles. The molecule has 0 saturated carbocycles. The second kappa shape index (κ2) is 7.69. The fourth-order valence-corrected chi connectivity index (χ4v) is 2.74. The van der Waals surface area contributed by atoms with E-state index in [2.05, 4.69) is 15.6 Å². The third-order valence-corrected chi connectivity index (χ3v) is 4.16. The van der Waals surface area contributed by atoms with Crippen molar-refractivity contribution >= 4 is 22.6 Å². The van der Waals surface area contributed by atoms with Crippen molar-refractivity contribution in [2.24, 2.45) is 4.99 Å². The van der Waals surface area contributed by atoms with E-state index in [0.29, 0.717) is 19.0 Å². The smallest absolute Gasteiger partial charge is 0.269 e. The van der Waals surface area contributed by atoms with Crippen LogP contribution in [0.2, 0.25) is 0 Å². The molecule has 3 aromatic rings. The molecule has 0 aliphatic rings. The number of fused-ring (bicyclic) bond motifs is 1. The molecule has 0 aliphatic heterocycles. The van der Waals surface area contributed by atoms with Crippen LogP contribution in [0, 0.1) is 17.0 Å². The van der Waals surface area contributed by atoms with Crippen LogP contribution in [0.1, 0.15) is 16.9 Å². The van der Waals surface area contributed by atoms with Gasteiger partial charge in [0.2, 0.25) is 0 Å². The lowest BCUT2D eigenvalue weighted by Gasteiger charge is -2.11. The summed E-state index contributed by atoms with van der Waals surface area (Å²) in [6, 6.07) is 14.4. The summed E-state index contributed by atoms with van der Waals surface area (Å²) in [5.74, 6) is 1.45. The number of aryl methyl sites for hydroxylation is 1. The molecule has 1 aromatic heterocycles. The number of para-hydroxylation sites is 1. The Kier molecular flexibility index (Phi) is 5.17. The first kappa shape index (κ1) is 17.5. The molecule has 1 heterocycles. The number of nitrogens with one attached hydrogen (secondary N) is 2. The van der Waals surface area contributed by atoms with E-state index < -0.39 is 4.92 Å². The summed E-state index contributed by atoms with van der Waals surface area (Å²) in [4.78, 5) is 14.6. The summed E-state index contributed by atoms with van der Waals surface area (Å²) in [7, 11) is 1.67. The van der Waals surface area contributed by atoms with Crippen LogP contribution >= 0.6 is 0 Å². The average molecular weight is 352 g/mol. The summed E-state index contributed by atoms with van der Waals surface area (Å²) in [6.45, 7) is 2.96. The first-order valence-corrected chi connectivity index (χ1v) is 8.23. The fraction of sp³-hybridized carbons (Fsp3) is 0.211. The first-order valence-electron chi connectivity index (χ1n) is 8.23. The second-order valence-corrected chi connectivity index (χ2v) is 5.85. The monoisotopic (exact) mass is 352 g/mol. The first-order chi connectivity index (χ1) is 12.6. The molecule has 2 N–H and O–H groups in total. The Morgan fingerprint density at radius 2 is 1.92 bits per heavy atom. The van der Waals surface area contributed by atoms with Gasteiger partial charge in [0.05, 0.1) is 11.5 Å². The van der Waals surface area contributed by atoms with E-state index in [1.54, 1.807) is 19.2 Å². The highest BCUT2D eigenvalue weighted by molar-refractivity contribution is 5.82. The lowest BCUT2D eigenvalue weighted by atomic mass is 10.1. The van der Waals surface area contributed by atoms with Crippen LogP contribution in [0.15, 0.2) is 57.9 Å². The predicted molar refractivity (Wildman–Crippen MR) is 101 cm³/mol. The molecule has 7 heteroatoms. The SMILES string of the molecule is CN=C(NCc1cccc([N+](=O)[O-])c1)NCc1oc2ccccc2c1C. The third-order valence-electron chi connectivity index (χ3n) is 4.16. The Labute approximate surface area is 150 Å². The Morgan fingerprint density at radius 3 is 2.65 bits per heavy atom. The van der Waals surface area contributed by atoms with Gasteiger partial charge in [0.25, 0.3) is 5.69 Å². The molecule has 0 spiro atoms. The third kappa shape index (κ3) is 3.83. The summed E-state index contributed by atoms with van der Waals surface area (Å²) in [5.41, 5.74) is 2.84. The van der Waals surface area contributed by atoms with Crippen molar-refractivity contribution in [3.63, 3.8) is 0 Å². The van der Waals surface area contributed by atoms with Gasteiger partial charge in [-0.15, -0.1) is 0 Å². The standard InChI is InChI=1S/C19H20N4O3/c1-13-16-8-3-4-9-17(16)26-18(13)12-22-19(20-2)21-11-14-6-5-7-15(10-14)23(24)25/h3-10H,11-12H2,1-2H3,(H2,20,21,22). The second-order valence-electron chi connectivity index (χ2n) is 5.85. The van der Waals surface area contributed by atoms with Crippen molar-refractivity contribution in [2.45, 2.75) is 20.0 Å². The average Bonchev–Trinajstić information content (AvgIpc) is 2.98. The van der Waals surface area contributed by atoms with E-state index in [1.165, 1.54) is 6.07 Å². The van der Waals surface area contributed by atoms with Gasteiger partial charge in [0, 0.05) is 36.7 Å². The van der Waals surface area contributed by atoms with Crippen LogP contribution in [-0.2, 0) is 13.1 Å². The van der Waals surface area contributed by atoms with Crippen LogP contribution in [0.3, 0.4) is 0 Å². The topological polar surface area (TPSA) is 92.7 Å².